The van der Waals surface area contributed by atoms with Crippen LogP contribution in [-0.2, 0) is 5.75 Å². The molecule has 2 rings (SSSR count). The summed E-state index contributed by atoms with van der Waals surface area (Å²) in [6, 6.07) is 5.75. The number of nitrogens with two attached hydrogens (primary N) is 1. The minimum Gasteiger partial charge on any atom is -0.398 e. The van der Waals surface area contributed by atoms with Crippen molar-refractivity contribution in [3.63, 3.8) is 0 Å². The van der Waals surface area contributed by atoms with Gasteiger partial charge >= 0.3 is 0 Å². The average molecular weight is 300 g/mol. The van der Waals surface area contributed by atoms with Crippen LogP contribution in [0.2, 0.25) is 0 Å². The first-order valence-corrected chi connectivity index (χ1v) is 6.40. The van der Waals surface area contributed by atoms with Crippen LogP contribution in [0.1, 0.15) is 11.7 Å². The number of anilines is 1. The summed E-state index contributed by atoms with van der Waals surface area (Å²) in [6.45, 7) is 1.80. The molecule has 0 bridgehead atoms. The van der Waals surface area contributed by atoms with Crippen LogP contribution in [0.4, 0.5) is 5.69 Å². The lowest BCUT2D eigenvalue weighted by molar-refractivity contribution is 0.387. The molecule has 0 amide bonds. The van der Waals surface area contributed by atoms with Crippen LogP contribution in [0.25, 0.3) is 0 Å². The normalized spacial score (nSPS) is 10.6. The molecule has 0 saturated carbocycles. The van der Waals surface area contributed by atoms with Crippen molar-refractivity contribution in [3.8, 4) is 0 Å². The highest BCUT2D eigenvalue weighted by Gasteiger charge is 2.06. The summed E-state index contributed by atoms with van der Waals surface area (Å²) in [5, 5.41) is 3.73. The first kappa shape index (κ1) is 11.5. The Morgan fingerprint density at radius 3 is 3.00 bits per heavy atom. The van der Waals surface area contributed by atoms with Crippen LogP contribution in [-0.4, -0.2) is 10.1 Å². The molecular weight excluding hydrogens is 290 g/mol. The predicted molar refractivity (Wildman–Crippen MR) is 67.2 cm³/mol. The number of aryl methyl sites for hydroxylation is 1. The lowest BCUT2D eigenvalue weighted by Gasteiger charge is -2.03. The quantitative estimate of drug-likeness (QED) is 0.697. The Morgan fingerprint density at radius 1 is 1.50 bits per heavy atom. The summed E-state index contributed by atoms with van der Waals surface area (Å²) in [4.78, 5) is 5.13. The number of rotatable bonds is 3. The van der Waals surface area contributed by atoms with E-state index in [2.05, 4.69) is 26.1 Å². The molecule has 2 aromatic rings. The maximum absolute atomic E-state index is 5.85. The standard InChI is InChI=1S/C10H10BrN3OS/c1-6-13-10(15-14-6)5-16-9-4-7(11)2-3-8(9)12/h2-4H,5,12H2,1H3. The highest BCUT2D eigenvalue weighted by molar-refractivity contribution is 9.10. The molecule has 0 spiro atoms. The Kier molecular flexibility index (Phi) is 3.50. The van der Waals surface area contributed by atoms with E-state index in [1.54, 1.807) is 18.7 Å². The zero-order valence-corrected chi connectivity index (χ0v) is 11.0. The Balaban J connectivity index is 2.07. The van der Waals surface area contributed by atoms with E-state index in [4.69, 9.17) is 10.3 Å². The van der Waals surface area contributed by atoms with Crippen molar-refractivity contribution in [2.75, 3.05) is 5.73 Å². The van der Waals surface area contributed by atoms with Crippen molar-refractivity contribution in [1.82, 2.24) is 10.1 Å². The van der Waals surface area contributed by atoms with E-state index in [1.165, 1.54) is 0 Å². The number of thioether (sulfide) groups is 1. The van der Waals surface area contributed by atoms with E-state index < -0.39 is 0 Å². The van der Waals surface area contributed by atoms with Gasteiger partial charge in [0, 0.05) is 15.1 Å². The van der Waals surface area contributed by atoms with E-state index in [1.807, 2.05) is 18.2 Å². The van der Waals surface area contributed by atoms with Gasteiger partial charge in [-0.05, 0) is 25.1 Å². The molecule has 4 nitrogen and oxygen atoms in total. The highest BCUT2D eigenvalue weighted by atomic mass is 79.9. The van der Waals surface area contributed by atoms with Crippen LogP contribution >= 0.6 is 27.7 Å². The van der Waals surface area contributed by atoms with E-state index >= 15 is 0 Å². The highest BCUT2D eigenvalue weighted by Crippen LogP contribution is 2.30. The maximum Gasteiger partial charge on any atom is 0.236 e. The molecule has 0 unspecified atom stereocenters. The van der Waals surface area contributed by atoms with Crippen molar-refractivity contribution >= 4 is 33.4 Å². The first-order valence-electron chi connectivity index (χ1n) is 4.62. The molecule has 0 aliphatic rings. The van der Waals surface area contributed by atoms with Gasteiger partial charge in [-0.25, -0.2) is 0 Å². The van der Waals surface area contributed by atoms with Crippen LogP contribution in [0, 0.1) is 6.92 Å². The second-order valence-electron chi connectivity index (χ2n) is 3.21. The first-order chi connectivity index (χ1) is 7.65. The van der Waals surface area contributed by atoms with Gasteiger partial charge < -0.3 is 10.3 Å². The summed E-state index contributed by atoms with van der Waals surface area (Å²) in [6.07, 6.45) is 0. The molecule has 1 heterocycles. The second kappa shape index (κ2) is 4.88. The minimum absolute atomic E-state index is 0.613. The SMILES string of the molecule is Cc1noc(CSc2cc(Br)ccc2N)n1. The van der Waals surface area contributed by atoms with Gasteiger partial charge in [0.1, 0.15) is 0 Å². The summed E-state index contributed by atoms with van der Waals surface area (Å²) >= 11 is 4.98. The van der Waals surface area contributed by atoms with Crippen LogP contribution < -0.4 is 5.73 Å². The molecule has 0 fully saturated rings. The van der Waals surface area contributed by atoms with Crippen LogP contribution in [0.3, 0.4) is 0 Å². The van der Waals surface area contributed by atoms with Gasteiger partial charge in [0.15, 0.2) is 5.82 Å². The summed E-state index contributed by atoms with van der Waals surface area (Å²) in [7, 11) is 0. The van der Waals surface area contributed by atoms with Gasteiger partial charge in [-0.15, -0.1) is 11.8 Å². The molecule has 6 heteroatoms. The molecule has 0 saturated heterocycles. The topological polar surface area (TPSA) is 64.9 Å². The van der Waals surface area contributed by atoms with Crippen LogP contribution in [0.5, 0.6) is 0 Å². The lowest BCUT2D eigenvalue weighted by atomic mass is 10.3. The van der Waals surface area contributed by atoms with E-state index in [0.717, 1.165) is 15.1 Å². The van der Waals surface area contributed by atoms with Crippen molar-refractivity contribution in [2.45, 2.75) is 17.6 Å². The van der Waals surface area contributed by atoms with Gasteiger partial charge in [-0.3, -0.25) is 0 Å². The third-order valence-electron chi connectivity index (χ3n) is 1.90. The Labute approximate surface area is 106 Å². The third kappa shape index (κ3) is 2.76. The number of halogens is 1. The summed E-state index contributed by atoms with van der Waals surface area (Å²) < 4.78 is 6.03. The van der Waals surface area contributed by atoms with Crippen molar-refractivity contribution in [2.24, 2.45) is 0 Å². The van der Waals surface area contributed by atoms with Gasteiger partial charge in [-0.2, -0.15) is 4.98 Å². The van der Waals surface area contributed by atoms with Gasteiger partial charge in [0.2, 0.25) is 5.89 Å². The fourth-order valence-electron chi connectivity index (χ4n) is 1.17. The van der Waals surface area contributed by atoms with Crippen molar-refractivity contribution in [3.05, 3.63) is 34.4 Å². The fraction of sp³-hybridized carbons (Fsp3) is 0.200. The van der Waals surface area contributed by atoms with Gasteiger partial charge in [0.05, 0.1) is 5.75 Å². The van der Waals surface area contributed by atoms with Crippen molar-refractivity contribution in [1.29, 1.82) is 0 Å². The zero-order valence-electron chi connectivity index (χ0n) is 8.61. The van der Waals surface area contributed by atoms with Gasteiger partial charge in [-0.1, -0.05) is 21.1 Å². The van der Waals surface area contributed by atoms with E-state index in [-0.39, 0.29) is 0 Å². The van der Waals surface area contributed by atoms with Crippen molar-refractivity contribution < 1.29 is 4.52 Å². The van der Waals surface area contributed by atoms with Crippen LogP contribution in [0.15, 0.2) is 32.1 Å². The smallest absolute Gasteiger partial charge is 0.236 e. The number of benzene rings is 1. The van der Waals surface area contributed by atoms with E-state index in [0.29, 0.717) is 17.5 Å². The molecular formula is C10H10BrN3OS. The van der Waals surface area contributed by atoms with E-state index in [9.17, 15) is 0 Å². The Bertz CT molecular complexity index is 501. The number of hydrogen-bond donors (Lipinski definition) is 1. The molecule has 84 valence electrons. The fourth-order valence-corrected chi connectivity index (χ4v) is 2.53. The monoisotopic (exact) mass is 299 g/mol. The zero-order chi connectivity index (χ0) is 11.5. The number of nitrogen functional groups attached to an aromatic ring is 1. The molecule has 1 aromatic heterocycles. The Hall–Kier alpha value is -1.01. The molecule has 0 atom stereocenters. The second-order valence-corrected chi connectivity index (χ2v) is 5.14. The molecule has 1 aromatic carbocycles. The molecule has 2 N–H and O–H groups in total. The number of nitrogens with zero attached hydrogens (tertiary/aromatic N) is 2. The molecule has 0 radical (unpaired) electrons. The molecule has 16 heavy (non-hydrogen) atoms. The molecule has 0 aliphatic carbocycles. The molecule has 0 aliphatic heterocycles. The number of aromatic nitrogens is 2. The summed E-state index contributed by atoms with van der Waals surface area (Å²) in [5.74, 6) is 1.89. The Morgan fingerprint density at radius 2 is 2.31 bits per heavy atom. The lowest BCUT2D eigenvalue weighted by Crippen LogP contribution is -1.89. The predicted octanol–water partition coefficient (Wildman–Crippen LogP) is 3.02. The largest absolute Gasteiger partial charge is 0.398 e. The number of hydrogen-bond acceptors (Lipinski definition) is 5. The van der Waals surface area contributed by atoms with Gasteiger partial charge in [0.25, 0.3) is 0 Å². The average Bonchev–Trinajstić information content (AvgIpc) is 2.66. The maximum atomic E-state index is 5.85. The third-order valence-corrected chi connectivity index (χ3v) is 3.45. The minimum atomic E-state index is 0.613. The summed E-state index contributed by atoms with van der Waals surface area (Å²) in [5.41, 5.74) is 6.60.